The van der Waals surface area contributed by atoms with Crippen LogP contribution in [-0.4, -0.2) is 24.1 Å². The van der Waals surface area contributed by atoms with Crippen molar-refractivity contribution in [1.29, 1.82) is 0 Å². The van der Waals surface area contributed by atoms with Crippen LogP contribution in [0.5, 0.6) is 0 Å². The third-order valence-electron chi connectivity index (χ3n) is 2.63. The van der Waals surface area contributed by atoms with E-state index in [1.54, 1.807) is 0 Å². The van der Waals surface area contributed by atoms with Crippen molar-refractivity contribution < 1.29 is 4.92 Å². The first-order chi connectivity index (χ1) is 5.63. The second-order valence-corrected chi connectivity index (χ2v) is 3.75. The summed E-state index contributed by atoms with van der Waals surface area (Å²) in [6, 6.07) is -0.376. The Kier molecular flexibility index (Phi) is 3.03. The van der Waals surface area contributed by atoms with E-state index in [1.165, 1.54) is 0 Å². The predicted octanol–water partition coefficient (Wildman–Crippen LogP) is 0.897. The molecule has 0 aromatic heterocycles. The summed E-state index contributed by atoms with van der Waals surface area (Å²) in [7, 11) is 0. The largest absolute Gasteiger partial charge is 0.310 e. The number of nitrogens with zero attached hydrogens (tertiary/aromatic N) is 1. The molecule has 1 fully saturated rings. The average Bonchev–Trinajstić information content (AvgIpc) is 2.04. The maximum absolute atomic E-state index is 10.6. The van der Waals surface area contributed by atoms with Crippen LogP contribution in [0.3, 0.4) is 0 Å². The number of piperidine rings is 1. The Bertz CT molecular complexity index is 170. The topological polar surface area (TPSA) is 55.2 Å². The lowest BCUT2D eigenvalue weighted by Crippen LogP contribution is -2.46. The molecule has 70 valence electrons. The summed E-state index contributed by atoms with van der Waals surface area (Å²) in [5, 5.41) is 13.7. The summed E-state index contributed by atoms with van der Waals surface area (Å²) in [6.07, 6.45) is 0.934. The molecule has 4 heteroatoms. The van der Waals surface area contributed by atoms with Gasteiger partial charge < -0.3 is 5.32 Å². The zero-order valence-electron chi connectivity index (χ0n) is 7.62. The quantitative estimate of drug-likeness (QED) is 0.497. The van der Waals surface area contributed by atoms with Gasteiger partial charge in [-0.2, -0.15) is 0 Å². The third-order valence-corrected chi connectivity index (χ3v) is 2.63. The highest BCUT2D eigenvalue weighted by Gasteiger charge is 2.35. The highest BCUT2D eigenvalue weighted by atomic mass is 16.6. The molecule has 0 radical (unpaired) electrons. The number of rotatable bonds is 2. The van der Waals surface area contributed by atoms with E-state index in [2.05, 4.69) is 19.2 Å². The molecule has 1 aliphatic rings. The van der Waals surface area contributed by atoms with Gasteiger partial charge in [0.25, 0.3) is 0 Å². The second-order valence-electron chi connectivity index (χ2n) is 3.75. The van der Waals surface area contributed by atoms with Crippen LogP contribution in [0.25, 0.3) is 0 Å². The van der Waals surface area contributed by atoms with Gasteiger partial charge in [-0.1, -0.05) is 13.8 Å². The molecule has 1 aliphatic heterocycles. The van der Waals surface area contributed by atoms with E-state index in [0.29, 0.717) is 12.5 Å². The van der Waals surface area contributed by atoms with E-state index in [-0.39, 0.29) is 16.9 Å². The molecule has 1 N–H and O–H groups in total. The highest BCUT2D eigenvalue weighted by molar-refractivity contribution is 4.79. The van der Waals surface area contributed by atoms with Gasteiger partial charge in [-0.3, -0.25) is 10.1 Å². The maximum Gasteiger partial charge on any atom is 0.228 e. The minimum absolute atomic E-state index is 0.142. The molecule has 0 spiro atoms. The van der Waals surface area contributed by atoms with Crippen LogP contribution in [0.4, 0.5) is 0 Å². The Morgan fingerprint density at radius 1 is 1.58 bits per heavy atom. The molecule has 0 aromatic rings. The van der Waals surface area contributed by atoms with Gasteiger partial charge in [0.15, 0.2) is 0 Å². The fourth-order valence-electron chi connectivity index (χ4n) is 1.87. The van der Waals surface area contributed by atoms with Gasteiger partial charge in [0.05, 0.1) is 6.54 Å². The van der Waals surface area contributed by atoms with Gasteiger partial charge in [-0.15, -0.1) is 0 Å². The normalized spacial score (nSPS) is 30.6. The highest BCUT2D eigenvalue weighted by Crippen LogP contribution is 2.23. The predicted molar refractivity (Wildman–Crippen MR) is 46.6 cm³/mol. The Morgan fingerprint density at radius 2 is 2.25 bits per heavy atom. The van der Waals surface area contributed by atoms with Gasteiger partial charge in [-0.05, 0) is 18.9 Å². The molecule has 4 nitrogen and oxygen atoms in total. The number of hydrogen-bond donors (Lipinski definition) is 1. The fraction of sp³-hybridized carbons (Fsp3) is 1.00. The summed E-state index contributed by atoms with van der Waals surface area (Å²) in [5.41, 5.74) is 0. The van der Waals surface area contributed by atoms with Crippen LogP contribution in [0, 0.1) is 22.0 Å². The van der Waals surface area contributed by atoms with E-state index >= 15 is 0 Å². The van der Waals surface area contributed by atoms with Crippen molar-refractivity contribution in [3.05, 3.63) is 10.1 Å². The van der Waals surface area contributed by atoms with Crippen LogP contribution in [-0.2, 0) is 0 Å². The Hall–Kier alpha value is -0.640. The van der Waals surface area contributed by atoms with Crippen molar-refractivity contribution in [2.45, 2.75) is 26.3 Å². The molecule has 2 atom stereocenters. The summed E-state index contributed by atoms with van der Waals surface area (Å²) >= 11 is 0. The van der Waals surface area contributed by atoms with Gasteiger partial charge in [0.1, 0.15) is 0 Å². The molecule has 0 amide bonds. The Balaban J connectivity index is 2.60. The molecule has 0 saturated carbocycles. The lowest BCUT2D eigenvalue weighted by atomic mass is 9.84. The monoisotopic (exact) mass is 172 g/mol. The molecule has 0 aliphatic carbocycles. The minimum atomic E-state index is -0.376. The van der Waals surface area contributed by atoms with Gasteiger partial charge in [0.2, 0.25) is 6.04 Å². The molecular formula is C8H16N2O2. The van der Waals surface area contributed by atoms with Crippen molar-refractivity contribution in [1.82, 2.24) is 5.32 Å². The number of hydrogen-bond acceptors (Lipinski definition) is 3. The van der Waals surface area contributed by atoms with Crippen LogP contribution in [0.2, 0.25) is 0 Å². The van der Waals surface area contributed by atoms with Gasteiger partial charge >= 0.3 is 0 Å². The Morgan fingerprint density at radius 3 is 2.67 bits per heavy atom. The van der Waals surface area contributed by atoms with Crippen molar-refractivity contribution >= 4 is 0 Å². The summed E-state index contributed by atoms with van der Waals surface area (Å²) < 4.78 is 0. The zero-order chi connectivity index (χ0) is 9.14. The van der Waals surface area contributed by atoms with Crippen molar-refractivity contribution in [3.63, 3.8) is 0 Å². The van der Waals surface area contributed by atoms with Crippen molar-refractivity contribution in [2.24, 2.45) is 11.8 Å². The van der Waals surface area contributed by atoms with Crippen LogP contribution < -0.4 is 5.32 Å². The minimum Gasteiger partial charge on any atom is -0.310 e. The average molecular weight is 172 g/mol. The smallest absolute Gasteiger partial charge is 0.228 e. The van der Waals surface area contributed by atoms with E-state index in [1.807, 2.05) is 0 Å². The molecule has 0 unspecified atom stereocenters. The van der Waals surface area contributed by atoms with E-state index < -0.39 is 0 Å². The molecule has 0 aromatic carbocycles. The number of nitrogens with one attached hydrogen (secondary N) is 1. The first kappa shape index (κ1) is 9.45. The maximum atomic E-state index is 10.6. The molecule has 1 saturated heterocycles. The standard InChI is InChI=1S/C8H16N2O2/c1-6(2)7-3-4-9-5-8(7)10(11)12/h6-9H,3-5H2,1-2H3/t7-,8+/m0/s1. The molecule has 1 heterocycles. The zero-order valence-corrected chi connectivity index (χ0v) is 7.62. The van der Waals surface area contributed by atoms with Crippen molar-refractivity contribution in [2.75, 3.05) is 13.1 Å². The fourth-order valence-corrected chi connectivity index (χ4v) is 1.87. The van der Waals surface area contributed by atoms with Crippen LogP contribution >= 0.6 is 0 Å². The van der Waals surface area contributed by atoms with Crippen molar-refractivity contribution in [3.8, 4) is 0 Å². The first-order valence-electron chi connectivity index (χ1n) is 4.47. The first-order valence-corrected chi connectivity index (χ1v) is 4.47. The lowest BCUT2D eigenvalue weighted by Gasteiger charge is -2.28. The van der Waals surface area contributed by atoms with Crippen LogP contribution in [0.15, 0.2) is 0 Å². The lowest BCUT2D eigenvalue weighted by molar-refractivity contribution is -0.534. The summed E-state index contributed by atoms with van der Waals surface area (Å²) in [5.74, 6) is 0.670. The summed E-state index contributed by atoms with van der Waals surface area (Å²) in [4.78, 5) is 10.5. The van der Waals surface area contributed by atoms with E-state index in [9.17, 15) is 10.1 Å². The second kappa shape index (κ2) is 3.85. The van der Waals surface area contributed by atoms with Crippen LogP contribution in [0.1, 0.15) is 20.3 Å². The molecular weight excluding hydrogens is 156 g/mol. The SMILES string of the molecule is CC(C)[C@@H]1CCNC[C@H]1[N+](=O)[O-]. The molecule has 1 rings (SSSR count). The van der Waals surface area contributed by atoms with Gasteiger partial charge in [0, 0.05) is 10.8 Å². The number of nitro groups is 1. The van der Waals surface area contributed by atoms with Gasteiger partial charge in [-0.25, -0.2) is 0 Å². The van der Waals surface area contributed by atoms with E-state index in [0.717, 1.165) is 13.0 Å². The van der Waals surface area contributed by atoms with E-state index in [4.69, 9.17) is 0 Å². The summed E-state index contributed by atoms with van der Waals surface area (Å²) in [6.45, 7) is 5.59. The Labute approximate surface area is 72.5 Å². The molecule has 0 bridgehead atoms. The third kappa shape index (κ3) is 1.94. The molecule has 12 heavy (non-hydrogen) atoms.